The first-order valence-corrected chi connectivity index (χ1v) is 14.2. The van der Waals surface area contributed by atoms with E-state index in [0.717, 1.165) is 37.5 Å². The highest BCUT2D eigenvalue weighted by Gasteiger charge is 2.40. The van der Waals surface area contributed by atoms with E-state index in [1.807, 2.05) is 0 Å². The van der Waals surface area contributed by atoms with Crippen LogP contribution >= 0.6 is 0 Å². The molecule has 1 aromatic carbocycles. The molecule has 0 heterocycles. The summed E-state index contributed by atoms with van der Waals surface area (Å²) in [4.78, 5) is 85.5. The highest BCUT2D eigenvalue weighted by Crippen LogP contribution is 2.27. The van der Waals surface area contributed by atoms with Crippen molar-refractivity contribution in [3.05, 3.63) is 98.7 Å². The summed E-state index contributed by atoms with van der Waals surface area (Å²) in [7, 11) is 1.13. The molecule has 1 aromatic rings. The van der Waals surface area contributed by atoms with Crippen molar-refractivity contribution in [2.24, 2.45) is 10.8 Å². The number of ether oxygens (including phenoxy) is 8. The molecule has 0 aromatic heterocycles. The second-order valence-electron chi connectivity index (χ2n) is 10.2. The third-order valence-corrected chi connectivity index (χ3v) is 6.31. The van der Waals surface area contributed by atoms with Gasteiger partial charge in [-0.15, -0.1) is 0 Å². The van der Waals surface area contributed by atoms with E-state index in [9.17, 15) is 33.6 Å². The lowest BCUT2D eigenvalue weighted by Crippen LogP contribution is -2.47. The van der Waals surface area contributed by atoms with Crippen LogP contribution in [0.1, 0.15) is 20.7 Å². The molecule has 0 amide bonds. The van der Waals surface area contributed by atoms with Crippen LogP contribution in [-0.2, 0) is 61.9 Å². The van der Waals surface area contributed by atoms with E-state index in [4.69, 9.17) is 37.9 Å². The van der Waals surface area contributed by atoms with E-state index in [1.54, 1.807) is 0 Å². The fourth-order valence-electron chi connectivity index (χ4n) is 3.65. The summed E-state index contributed by atoms with van der Waals surface area (Å²) in [5.41, 5.74) is -3.47. The van der Waals surface area contributed by atoms with Gasteiger partial charge in [0.2, 0.25) is 0 Å². The van der Waals surface area contributed by atoms with Crippen LogP contribution in [0.4, 0.5) is 0 Å². The van der Waals surface area contributed by atoms with Gasteiger partial charge < -0.3 is 37.9 Å². The normalized spacial score (nSPS) is 10.6. The van der Waals surface area contributed by atoms with Crippen LogP contribution in [0.15, 0.2) is 87.5 Å². The van der Waals surface area contributed by atoms with Gasteiger partial charge in [-0.1, -0.05) is 45.0 Å². The zero-order valence-electron chi connectivity index (χ0n) is 27.0. The summed E-state index contributed by atoms with van der Waals surface area (Å²) in [6.45, 7) is 12.3. The van der Waals surface area contributed by atoms with E-state index in [-0.39, 0.29) is 11.1 Å². The van der Waals surface area contributed by atoms with Gasteiger partial charge in [-0.3, -0.25) is 0 Å². The maximum atomic E-state index is 13.2. The Labute approximate surface area is 282 Å². The summed E-state index contributed by atoms with van der Waals surface area (Å²) in [6.07, 6.45) is 4.34. The molecule has 264 valence electrons. The quantitative estimate of drug-likeness (QED) is 0.0924. The van der Waals surface area contributed by atoms with Crippen molar-refractivity contribution in [3.63, 3.8) is 0 Å². The van der Waals surface area contributed by atoms with Gasteiger partial charge in [0.1, 0.15) is 39.6 Å². The SMILES string of the molecule is C=CC(=O)OCC(COCC(COC(=O)C=C)(COC(=O)C=C)COC(=O)c1ccccc1C(=O)OC)(COC(=O)C=C)COC(=O)C=C. The molecule has 0 N–H and O–H groups in total. The lowest BCUT2D eigenvalue weighted by Gasteiger charge is -2.35. The van der Waals surface area contributed by atoms with Gasteiger partial charge in [0, 0.05) is 30.4 Å². The van der Waals surface area contributed by atoms with Gasteiger partial charge >= 0.3 is 41.8 Å². The Morgan fingerprint density at radius 2 is 0.776 bits per heavy atom. The number of rotatable bonds is 23. The van der Waals surface area contributed by atoms with Gasteiger partial charge in [0.05, 0.1) is 42.3 Å². The Kier molecular flexibility index (Phi) is 17.8. The molecule has 15 heteroatoms. The Bertz CT molecular complexity index is 1340. The van der Waals surface area contributed by atoms with Gasteiger partial charge in [-0.2, -0.15) is 0 Å². The molecule has 1 rings (SSSR count). The largest absolute Gasteiger partial charge is 0.465 e. The van der Waals surface area contributed by atoms with Crippen molar-refractivity contribution in [2.45, 2.75) is 0 Å². The van der Waals surface area contributed by atoms with Gasteiger partial charge in [0.25, 0.3) is 0 Å². The second kappa shape index (κ2) is 21.1. The molecule has 0 bridgehead atoms. The molecule has 0 radical (unpaired) electrons. The van der Waals surface area contributed by atoms with Gasteiger partial charge in [-0.05, 0) is 12.1 Å². The number of esters is 7. The van der Waals surface area contributed by atoms with Crippen LogP contribution in [0.25, 0.3) is 0 Å². The molecule has 0 atom stereocenters. The van der Waals surface area contributed by atoms with Crippen LogP contribution in [0.3, 0.4) is 0 Å². The number of methoxy groups -OCH3 is 1. The first-order chi connectivity index (χ1) is 23.3. The Morgan fingerprint density at radius 3 is 1.06 bits per heavy atom. The third-order valence-electron chi connectivity index (χ3n) is 6.31. The number of benzene rings is 1. The molecule has 15 nitrogen and oxygen atoms in total. The summed E-state index contributed by atoms with van der Waals surface area (Å²) in [6, 6.07) is 5.64. The predicted molar refractivity (Wildman–Crippen MR) is 170 cm³/mol. The van der Waals surface area contributed by atoms with Gasteiger partial charge in [-0.25, -0.2) is 33.6 Å². The lowest BCUT2D eigenvalue weighted by molar-refractivity contribution is -0.167. The molecular formula is C34H38O15. The van der Waals surface area contributed by atoms with Crippen LogP contribution in [0.2, 0.25) is 0 Å². The average molecular weight is 687 g/mol. The maximum absolute atomic E-state index is 13.2. The van der Waals surface area contributed by atoms with Crippen molar-refractivity contribution in [3.8, 4) is 0 Å². The van der Waals surface area contributed by atoms with Crippen LogP contribution in [0.5, 0.6) is 0 Å². The Morgan fingerprint density at radius 1 is 0.490 bits per heavy atom. The summed E-state index contributed by atoms with van der Waals surface area (Å²) in [5.74, 6) is -6.18. The molecule has 0 saturated carbocycles. The highest BCUT2D eigenvalue weighted by atomic mass is 16.6. The minimum absolute atomic E-state index is 0.102. The van der Waals surface area contributed by atoms with Crippen LogP contribution in [0, 0.1) is 10.8 Å². The van der Waals surface area contributed by atoms with Crippen molar-refractivity contribution in [2.75, 3.05) is 60.0 Å². The Hall–Kier alpha value is -5.83. The molecule has 0 aliphatic rings. The molecule has 0 fully saturated rings. The first-order valence-electron chi connectivity index (χ1n) is 14.2. The van der Waals surface area contributed by atoms with Crippen molar-refractivity contribution in [1.29, 1.82) is 0 Å². The monoisotopic (exact) mass is 686 g/mol. The number of hydrogen-bond acceptors (Lipinski definition) is 15. The van der Waals surface area contributed by atoms with E-state index < -0.39 is 105 Å². The molecule has 0 spiro atoms. The molecular weight excluding hydrogens is 648 g/mol. The van der Waals surface area contributed by atoms with Crippen molar-refractivity contribution < 1.29 is 71.5 Å². The first kappa shape index (κ1) is 41.2. The lowest BCUT2D eigenvalue weighted by atomic mass is 9.90. The average Bonchev–Trinajstić information content (AvgIpc) is 3.13. The smallest absolute Gasteiger partial charge is 0.339 e. The summed E-state index contributed by atoms with van der Waals surface area (Å²) in [5, 5.41) is 0. The standard InChI is InChI=1S/C34H38O15/c1-7-26(35)44-18-33(19-45-27(36)8-2,20-46-28(37)9-3)16-43-17-34(21-47-29(38)10-4,22-48-30(39)11-5)23-49-32(41)25-15-13-12-14-24(25)31(40)42-6/h7-15H,1-5,16-23H2,6H3. The fourth-order valence-corrected chi connectivity index (χ4v) is 3.65. The van der Waals surface area contributed by atoms with Gasteiger partial charge in [0.15, 0.2) is 0 Å². The molecule has 0 unspecified atom stereocenters. The predicted octanol–water partition coefficient (Wildman–Crippen LogP) is 2.27. The van der Waals surface area contributed by atoms with Crippen LogP contribution in [-0.4, -0.2) is 102 Å². The van der Waals surface area contributed by atoms with E-state index in [0.29, 0.717) is 0 Å². The second-order valence-corrected chi connectivity index (χ2v) is 10.2. The molecule has 0 aliphatic heterocycles. The summed E-state index contributed by atoms with van der Waals surface area (Å²) < 4.78 is 42.3. The Balaban J connectivity index is 3.55. The fraction of sp³-hybridized carbons (Fsp3) is 0.324. The zero-order chi connectivity index (χ0) is 36.9. The maximum Gasteiger partial charge on any atom is 0.339 e. The van der Waals surface area contributed by atoms with Crippen molar-refractivity contribution >= 4 is 41.8 Å². The molecule has 49 heavy (non-hydrogen) atoms. The van der Waals surface area contributed by atoms with Crippen molar-refractivity contribution in [1.82, 2.24) is 0 Å². The van der Waals surface area contributed by atoms with E-state index in [1.165, 1.54) is 24.3 Å². The van der Waals surface area contributed by atoms with E-state index in [2.05, 4.69) is 32.9 Å². The van der Waals surface area contributed by atoms with E-state index >= 15 is 0 Å². The molecule has 0 saturated heterocycles. The minimum Gasteiger partial charge on any atom is -0.465 e. The number of hydrogen-bond donors (Lipinski definition) is 0. The number of carbonyl (C=O) groups is 7. The molecule has 0 aliphatic carbocycles. The summed E-state index contributed by atoms with van der Waals surface area (Å²) >= 11 is 0. The zero-order valence-corrected chi connectivity index (χ0v) is 27.0. The third kappa shape index (κ3) is 14.2. The highest BCUT2D eigenvalue weighted by molar-refractivity contribution is 6.03. The topological polar surface area (TPSA) is 193 Å². The number of carbonyl (C=O) groups excluding carboxylic acids is 7. The van der Waals surface area contributed by atoms with Crippen LogP contribution < -0.4 is 0 Å². The minimum atomic E-state index is -1.65.